The summed E-state index contributed by atoms with van der Waals surface area (Å²) in [6.07, 6.45) is 0.991. The number of nitrogens with two attached hydrogens (primary N) is 1. The number of carbonyl (C=O) groups is 5. The Morgan fingerprint density at radius 1 is 0.917 bits per heavy atom. The van der Waals surface area contributed by atoms with Crippen LogP contribution in [0.4, 0.5) is 14.4 Å². The molecule has 6 amide bonds. The summed E-state index contributed by atoms with van der Waals surface area (Å²) < 4.78 is 5.67. The number of piperidine rings is 1. The van der Waals surface area contributed by atoms with E-state index >= 15 is 0 Å². The van der Waals surface area contributed by atoms with Gasteiger partial charge in [0.1, 0.15) is 6.10 Å². The maximum Gasteiger partial charge on any atom is 0.410 e. The number of ether oxygens (including phenoxy) is 1. The van der Waals surface area contributed by atoms with Crippen LogP contribution in [0.1, 0.15) is 47.0 Å². The molecular formula is C24H39N5O7. The van der Waals surface area contributed by atoms with Gasteiger partial charge in [-0.1, -0.05) is 27.7 Å². The molecule has 0 aliphatic carbocycles. The number of likely N-dealkylation sites (tertiary alicyclic amines) is 2. The fraction of sp³-hybridized carbons (Fsp3) is 0.792. The zero-order valence-electron chi connectivity index (χ0n) is 21.6. The van der Waals surface area contributed by atoms with E-state index in [0.29, 0.717) is 32.4 Å². The molecule has 12 heteroatoms. The summed E-state index contributed by atoms with van der Waals surface area (Å²) in [6.45, 7) is 9.80. The molecular weight excluding hydrogens is 470 g/mol. The number of urea groups is 2. The van der Waals surface area contributed by atoms with E-state index in [1.165, 1.54) is 14.7 Å². The first-order valence-corrected chi connectivity index (χ1v) is 12.8. The standard InChI is InChI=1S/C24H39N5O7/c1-14(2)19(15(3)4)36-24(35)28-11-9-27(10-12-28)23(34)29-18(21(31)32)17(20(29)30)13-16-5-7-26(8-6-16)22(25)33/h14-19H,5-13H2,1-4H3,(H2,25,33)(H,31,32)/t17-,18+/m1/s1. The first-order valence-electron chi connectivity index (χ1n) is 12.8. The van der Waals surface area contributed by atoms with Gasteiger partial charge in [0.15, 0.2) is 6.04 Å². The van der Waals surface area contributed by atoms with Crippen LogP contribution in [0.15, 0.2) is 0 Å². The first kappa shape index (κ1) is 27.5. The largest absolute Gasteiger partial charge is 0.480 e. The summed E-state index contributed by atoms with van der Waals surface area (Å²) >= 11 is 0. The fourth-order valence-electron chi connectivity index (χ4n) is 5.49. The molecule has 3 fully saturated rings. The van der Waals surface area contributed by atoms with Gasteiger partial charge >= 0.3 is 24.1 Å². The summed E-state index contributed by atoms with van der Waals surface area (Å²) in [4.78, 5) is 67.2. The second-order valence-electron chi connectivity index (χ2n) is 10.7. The van der Waals surface area contributed by atoms with Crippen molar-refractivity contribution in [3.05, 3.63) is 0 Å². The average Bonchev–Trinajstić information content (AvgIpc) is 2.83. The zero-order chi connectivity index (χ0) is 26.7. The maximum atomic E-state index is 13.1. The smallest absolute Gasteiger partial charge is 0.410 e. The molecule has 0 spiro atoms. The van der Waals surface area contributed by atoms with Crippen LogP contribution in [-0.2, 0) is 14.3 Å². The van der Waals surface area contributed by atoms with Gasteiger partial charge in [0, 0.05) is 39.3 Å². The van der Waals surface area contributed by atoms with E-state index in [1.807, 2.05) is 27.7 Å². The van der Waals surface area contributed by atoms with Crippen LogP contribution in [0.25, 0.3) is 0 Å². The Morgan fingerprint density at radius 3 is 1.92 bits per heavy atom. The van der Waals surface area contributed by atoms with Crippen LogP contribution in [0.5, 0.6) is 0 Å². The van der Waals surface area contributed by atoms with Crippen molar-refractivity contribution in [3.8, 4) is 0 Å². The number of carboxylic acids is 1. The molecule has 36 heavy (non-hydrogen) atoms. The minimum Gasteiger partial charge on any atom is -0.480 e. The lowest BCUT2D eigenvalue weighted by atomic mass is 9.77. The number of primary amides is 1. The fourth-order valence-corrected chi connectivity index (χ4v) is 5.49. The van der Waals surface area contributed by atoms with Gasteiger partial charge < -0.3 is 30.3 Å². The predicted octanol–water partition coefficient (Wildman–Crippen LogP) is 1.63. The minimum atomic E-state index is -1.21. The number of carbonyl (C=O) groups excluding carboxylic acids is 4. The highest BCUT2D eigenvalue weighted by Gasteiger charge is 2.56. The van der Waals surface area contributed by atoms with Gasteiger partial charge in [0.25, 0.3) is 0 Å². The Bertz CT molecular complexity index is 855. The summed E-state index contributed by atoms with van der Waals surface area (Å²) in [7, 11) is 0. The van der Waals surface area contributed by atoms with E-state index in [1.54, 1.807) is 0 Å². The van der Waals surface area contributed by atoms with Crippen molar-refractivity contribution in [2.75, 3.05) is 39.3 Å². The molecule has 3 saturated heterocycles. The van der Waals surface area contributed by atoms with Crippen molar-refractivity contribution >= 4 is 30.0 Å². The van der Waals surface area contributed by atoms with Gasteiger partial charge in [-0.05, 0) is 37.0 Å². The van der Waals surface area contributed by atoms with Crippen molar-refractivity contribution < 1.29 is 33.8 Å². The van der Waals surface area contributed by atoms with E-state index in [9.17, 15) is 29.1 Å². The molecule has 0 unspecified atom stereocenters. The van der Waals surface area contributed by atoms with Crippen LogP contribution in [0.2, 0.25) is 0 Å². The topological polar surface area (TPSA) is 154 Å². The monoisotopic (exact) mass is 509 g/mol. The third-order valence-corrected chi connectivity index (χ3v) is 7.55. The molecule has 3 N–H and O–H groups in total. The van der Waals surface area contributed by atoms with E-state index in [2.05, 4.69) is 0 Å². The second-order valence-corrected chi connectivity index (χ2v) is 10.7. The number of rotatable bonds is 6. The van der Waals surface area contributed by atoms with E-state index < -0.39 is 42.0 Å². The average molecular weight is 510 g/mol. The van der Waals surface area contributed by atoms with Crippen LogP contribution in [0.3, 0.4) is 0 Å². The summed E-state index contributed by atoms with van der Waals surface area (Å²) in [5, 5.41) is 9.77. The van der Waals surface area contributed by atoms with Crippen molar-refractivity contribution in [1.29, 1.82) is 0 Å². The Hall–Kier alpha value is -3.05. The number of amides is 6. The number of aliphatic carboxylic acids is 1. The number of nitrogens with zero attached hydrogens (tertiary/aromatic N) is 4. The normalized spacial score (nSPS) is 23.4. The highest BCUT2D eigenvalue weighted by Crippen LogP contribution is 2.36. The Morgan fingerprint density at radius 2 is 1.44 bits per heavy atom. The summed E-state index contributed by atoms with van der Waals surface area (Å²) in [6, 6.07) is -2.33. The lowest BCUT2D eigenvalue weighted by Crippen LogP contribution is -2.69. The van der Waals surface area contributed by atoms with E-state index in [4.69, 9.17) is 10.5 Å². The number of hydrogen-bond donors (Lipinski definition) is 2. The van der Waals surface area contributed by atoms with Gasteiger partial charge in [0.2, 0.25) is 5.91 Å². The van der Waals surface area contributed by atoms with Crippen LogP contribution in [-0.4, -0.2) is 106 Å². The Kier molecular flexibility index (Phi) is 8.67. The number of hydrogen-bond acceptors (Lipinski definition) is 6. The summed E-state index contributed by atoms with van der Waals surface area (Å²) in [5.74, 6) is -2.03. The molecule has 0 bridgehead atoms. The number of carboxylic acid groups (broad SMARTS) is 1. The van der Waals surface area contributed by atoms with Crippen molar-refractivity contribution in [2.45, 2.75) is 59.1 Å². The molecule has 0 aromatic heterocycles. The summed E-state index contributed by atoms with van der Waals surface area (Å²) in [5.41, 5.74) is 5.31. The molecule has 3 aliphatic rings. The van der Waals surface area contributed by atoms with Crippen molar-refractivity contribution in [2.24, 2.45) is 29.4 Å². The molecule has 2 atom stereocenters. The lowest BCUT2D eigenvalue weighted by molar-refractivity contribution is -0.167. The molecule has 0 aromatic rings. The molecule has 12 nitrogen and oxygen atoms in total. The van der Waals surface area contributed by atoms with Gasteiger partial charge in [-0.3, -0.25) is 4.79 Å². The van der Waals surface area contributed by atoms with Crippen LogP contribution in [0, 0.1) is 23.7 Å². The van der Waals surface area contributed by atoms with E-state index in [0.717, 1.165) is 4.90 Å². The molecule has 3 aliphatic heterocycles. The zero-order valence-corrected chi connectivity index (χ0v) is 21.6. The highest BCUT2D eigenvalue weighted by molar-refractivity contribution is 6.07. The third-order valence-electron chi connectivity index (χ3n) is 7.55. The predicted molar refractivity (Wildman–Crippen MR) is 129 cm³/mol. The first-order chi connectivity index (χ1) is 16.9. The number of piperazine rings is 1. The number of β-lactam (4-membered cyclic amide) rings is 1. The van der Waals surface area contributed by atoms with E-state index in [-0.39, 0.29) is 50.0 Å². The van der Waals surface area contributed by atoms with Crippen LogP contribution < -0.4 is 5.73 Å². The molecule has 3 heterocycles. The number of imide groups is 1. The van der Waals surface area contributed by atoms with Crippen molar-refractivity contribution in [3.63, 3.8) is 0 Å². The molecule has 3 rings (SSSR count). The SMILES string of the molecule is CC(C)C(OC(=O)N1CCN(C(=O)N2C(=O)[C@H](CC3CCN(C(N)=O)CC3)[C@H]2C(=O)O)CC1)C(C)C. The second kappa shape index (κ2) is 11.3. The van der Waals surface area contributed by atoms with Gasteiger partial charge in [-0.25, -0.2) is 24.1 Å². The molecule has 0 saturated carbocycles. The molecule has 0 radical (unpaired) electrons. The van der Waals surface area contributed by atoms with Gasteiger partial charge in [-0.2, -0.15) is 0 Å². The van der Waals surface area contributed by atoms with Crippen molar-refractivity contribution in [1.82, 2.24) is 19.6 Å². The molecule has 0 aromatic carbocycles. The lowest BCUT2D eigenvalue weighted by Gasteiger charge is -2.47. The highest BCUT2D eigenvalue weighted by atomic mass is 16.6. The Labute approximate surface area is 211 Å². The van der Waals surface area contributed by atoms with Crippen LogP contribution >= 0.6 is 0 Å². The van der Waals surface area contributed by atoms with Gasteiger partial charge in [-0.15, -0.1) is 0 Å². The molecule has 202 valence electrons. The van der Waals surface area contributed by atoms with Gasteiger partial charge in [0.05, 0.1) is 5.92 Å². The quantitative estimate of drug-likeness (QED) is 0.516. The minimum absolute atomic E-state index is 0.0868. The third kappa shape index (κ3) is 5.84. The Balaban J connectivity index is 1.53. The maximum absolute atomic E-state index is 13.1.